The van der Waals surface area contributed by atoms with Crippen LogP contribution in [0.25, 0.3) is 0 Å². The monoisotopic (exact) mass is 591 g/mol. The summed E-state index contributed by atoms with van der Waals surface area (Å²) in [6.45, 7) is 6.43. The number of benzene rings is 1. The molecule has 0 spiro atoms. The Kier molecular flexibility index (Phi) is 9.02. The first-order valence-electron chi connectivity index (χ1n) is 13.9. The summed E-state index contributed by atoms with van der Waals surface area (Å²) in [6, 6.07) is 3.85. The maximum atomic E-state index is 12.9. The first-order chi connectivity index (χ1) is 19.3. The third kappa shape index (κ3) is 7.04. The second kappa shape index (κ2) is 12.1. The quantitative estimate of drug-likeness (QED) is 0.257. The predicted octanol–water partition coefficient (Wildman–Crippen LogP) is 1.95. The molecule has 14 heteroatoms. The van der Waals surface area contributed by atoms with Crippen LogP contribution in [0.5, 0.6) is 0 Å². The summed E-state index contributed by atoms with van der Waals surface area (Å²) in [7, 11) is -3.67. The van der Waals surface area contributed by atoms with Crippen LogP contribution >= 0.6 is 0 Å². The summed E-state index contributed by atoms with van der Waals surface area (Å²) < 4.78 is 33.1. The molecule has 2 atom stereocenters. The van der Waals surface area contributed by atoms with Crippen LogP contribution in [0.15, 0.2) is 18.2 Å². The van der Waals surface area contributed by atoms with Crippen LogP contribution in [0.1, 0.15) is 86.4 Å². The number of hydrogen-bond acceptors (Lipinski definition) is 9. The molecule has 2 unspecified atom stereocenters. The first kappa shape index (κ1) is 30.4. The van der Waals surface area contributed by atoms with Gasteiger partial charge in [-0.05, 0) is 58.2 Å². The maximum absolute atomic E-state index is 12.9. The van der Waals surface area contributed by atoms with Gasteiger partial charge in [-0.2, -0.15) is 0 Å². The lowest BCUT2D eigenvalue weighted by molar-refractivity contribution is -0.136. The zero-order chi connectivity index (χ0) is 29.9. The van der Waals surface area contributed by atoms with Crippen LogP contribution in [0.4, 0.5) is 10.5 Å². The summed E-state index contributed by atoms with van der Waals surface area (Å²) in [4.78, 5) is 63.8. The smallest absolute Gasteiger partial charge is 0.411 e. The Hall–Kier alpha value is -3.52. The number of nitrogens with zero attached hydrogens (tertiary/aromatic N) is 2. The molecular formula is C27H37N5O8S. The van der Waals surface area contributed by atoms with Crippen LogP contribution < -0.4 is 15.4 Å². The molecule has 224 valence electrons. The van der Waals surface area contributed by atoms with Crippen molar-refractivity contribution < 1.29 is 37.1 Å². The standard InChI is InChI=1S/C27H37N5O8S/c1-27(2,3)40-26(37)31-15-12-22(31)41(38,39)29-14-7-5-4-6-13-28-17-8-9-18-19(16-17)25(36)32(24(18)35)20-10-11-21(33)30-23(20)34/h8-9,16,20,22,28-29H,4-7,10-15H2,1-3H3,(H,30,33,34). The van der Waals surface area contributed by atoms with Gasteiger partial charge < -0.3 is 10.1 Å². The normalized spacial score (nSPS) is 21.0. The van der Waals surface area contributed by atoms with Gasteiger partial charge in [-0.25, -0.2) is 17.9 Å². The molecule has 3 N–H and O–H groups in total. The fraction of sp³-hybridized carbons (Fsp3) is 0.593. The van der Waals surface area contributed by atoms with Gasteiger partial charge >= 0.3 is 6.09 Å². The SMILES string of the molecule is CC(C)(C)OC(=O)N1CCC1S(=O)(=O)NCCCCCCNc1ccc2c(c1)C(=O)N(C1CCC(=O)NC1=O)C2=O. The average Bonchev–Trinajstić information content (AvgIpc) is 3.08. The molecule has 5 amide bonds. The Bertz CT molecular complexity index is 1340. The number of imide groups is 2. The second-order valence-corrected chi connectivity index (χ2v) is 13.3. The van der Waals surface area contributed by atoms with E-state index in [1.54, 1.807) is 39.0 Å². The number of sulfonamides is 1. The van der Waals surface area contributed by atoms with Gasteiger partial charge in [-0.1, -0.05) is 12.8 Å². The number of amides is 5. The van der Waals surface area contributed by atoms with Crippen LogP contribution in [0.2, 0.25) is 0 Å². The number of ether oxygens (including phenoxy) is 1. The highest BCUT2D eigenvalue weighted by Gasteiger charge is 2.45. The van der Waals surface area contributed by atoms with E-state index in [2.05, 4.69) is 15.4 Å². The molecule has 2 saturated heterocycles. The second-order valence-electron chi connectivity index (χ2n) is 11.4. The Morgan fingerprint density at radius 3 is 2.32 bits per heavy atom. The topological polar surface area (TPSA) is 171 Å². The molecule has 3 aliphatic rings. The minimum Gasteiger partial charge on any atom is -0.444 e. The summed E-state index contributed by atoms with van der Waals surface area (Å²) in [5.74, 6) is -2.16. The van der Waals surface area contributed by atoms with Crippen LogP contribution in [0, 0.1) is 0 Å². The van der Waals surface area contributed by atoms with Crippen molar-refractivity contribution in [2.24, 2.45) is 0 Å². The number of hydrogen-bond donors (Lipinski definition) is 3. The summed E-state index contributed by atoms with van der Waals surface area (Å²) >= 11 is 0. The van der Waals surface area contributed by atoms with E-state index >= 15 is 0 Å². The molecule has 1 aromatic rings. The molecule has 0 saturated carbocycles. The number of likely N-dealkylation sites (tertiary alicyclic amines) is 1. The molecule has 41 heavy (non-hydrogen) atoms. The number of fused-ring (bicyclic) bond motifs is 1. The highest BCUT2D eigenvalue weighted by atomic mass is 32.2. The Morgan fingerprint density at radius 1 is 1.00 bits per heavy atom. The number of piperidine rings is 1. The number of carbonyl (C=O) groups is 5. The summed E-state index contributed by atoms with van der Waals surface area (Å²) in [5, 5.41) is 4.50. The average molecular weight is 592 g/mol. The van der Waals surface area contributed by atoms with Gasteiger partial charge in [-0.3, -0.25) is 34.3 Å². The number of nitrogens with one attached hydrogen (secondary N) is 3. The van der Waals surface area contributed by atoms with E-state index in [1.165, 1.54) is 4.90 Å². The lowest BCUT2D eigenvalue weighted by Gasteiger charge is -2.40. The Morgan fingerprint density at radius 2 is 1.68 bits per heavy atom. The summed E-state index contributed by atoms with van der Waals surface area (Å²) in [5.41, 5.74) is 0.412. The van der Waals surface area contributed by atoms with Crippen molar-refractivity contribution in [3.63, 3.8) is 0 Å². The van der Waals surface area contributed by atoms with Crippen LogP contribution in [-0.4, -0.2) is 84.6 Å². The number of unbranched alkanes of at least 4 members (excludes halogenated alkanes) is 3. The van der Waals surface area contributed by atoms with E-state index in [1.807, 2.05) is 0 Å². The molecule has 0 aromatic heterocycles. The number of rotatable bonds is 11. The third-order valence-electron chi connectivity index (χ3n) is 7.13. The van der Waals surface area contributed by atoms with Gasteiger partial charge in [0.25, 0.3) is 11.8 Å². The minimum atomic E-state index is -3.67. The van der Waals surface area contributed by atoms with Crippen molar-refractivity contribution in [3.05, 3.63) is 29.3 Å². The van der Waals surface area contributed by atoms with Crippen LogP contribution in [0.3, 0.4) is 0 Å². The van der Waals surface area contributed by atoms with Crippen molar-refractivity contribution in [2.75, 3.05) is 25.0 Å². The van der Waals surface area contributed by atoms with Gasteiger partial charge in [0.05, 0.1) is 11.1 Å². The van der Waals surface area contributed by atoms with E-state index in [0.29, 0.717) is 31.6 Å². The molecule has 3 heterocycles. The zero-order valence-corrected chi connectivity index (χ0v) is 24.3. The predicted molar refractivity (Wildman–Crippen MR) is 148 cm³/mol. The van der Waals surface area contributed by atoms with Crippen LogP contribution in [-0.2, 0) is 24.3 Å². The first-order valence-corrected chi connectivity index (χ1v) is 15.4. The van der Waals surface area contributed by atoms with Crippen molar-refractivity contribution >= 4 is 45.4 Å². The molecule has 13 nitrogen and oxygen atoms in total. The van der Waals surface area contributed by atoms with Gasteiger partial charge in [0.1, 0.15) is 11.6 Å². The highest BCUT2D eigenvalue weighted by Crippen LogP contribution is 2.30. The lowest BCUT2D eigenvalue weighted by Crippen LogP contribution is -2.58. The van der Waals surface area contributed by atoms with E-state index in [0.717, 1.165) is 24.2 Å². The molecular weight excluding hydrogens is 554 g/mol. The largest absolute Gasteiger partial charge is 0.444 e. The van der Waals surface area contributed by atoms with Gasteiger partial charge in [0, 0.05) is 38.2 Å². The minimum absolute atomic E-state index is 0.0652. The molecule has 0 aliphatic carbocycles. The van der Waals surface area contributed by atoms with Gasteiger partial charge in [0.2, 0.25) is 21.8 Å². The molecule has 0 radical (unpaired) electrons. The molecule has 2 fully saturated rings. The van der Waals surface area contributed by atoms with Gasteiger partial charge in [-0.15, -0.1) is 0 Å². The van der Waals surface area contributed by atoms with E-state index in [9.17, 15) is 32.4 Å². The molecule has 4 rings (SSSR count). The van der Waals surface area contributed by atoms with E-state index < -0.39 is 56.8 Å². The zero-order valence-electron chi connectivity index (χ0n) is 23.5. The van der Waals surface area contributed by atoms with E-state index in [4.69, 9.17) is 4.74 Å². The lowest BCUT2D eigenvalue weighted by atomic mass is 10.0. The summed E-state index contributed by atoms with van der Waals surface area (Å²) in [6.07, 6.45) is 2.99. The number of anilines is 1. The molecule has 1 aromatic carbocycles. The van der Waals surface area contributed by atoms with E-state index in [-0.39, 0.29) is 30.5 Å². The van der Waals surface area contributed by atoms with Crippen molar-refractivity contribution in [1.82, 2.24) is 19.8 Å². The fourth-order valence-corrected chi connectivity index (χ4v) is 6.51. The highest BCUT2D eigenvalue weighted by molar-refractivity contribution is 7.90. The number of carbonyl (C=O) groups excluding carboxylic acids is 5. The van der Waals surface area contributed by atoms with Crippen molar-refractivity contribution in [1.29, 1.82) is 0 Å². The molecule has 0 bridgehead atoms. The molecule has 3 aliphatic heterocycles. The van der Waals surface area contributed by atoms with Crippen molar-refractivity contribution in [3.8, 4) is 0 Å². The fourth-order valence-electron chi connectivity index (χ4n) is 4.94. The van der Waals surface area contributed by atoms with Gasteiger partial charge in [0.15, 0.2) is 5.37 Å². The Labute approximate surface area is 239 Å². The third-order valence-corrected chi connectivity index (χ3v) is 8.94. The Balaban J connectivity index is 1.16. The maximum Gasteiger partial charge on any atom is 0.411 e. The van der Waals surface area contributed by atoms with Crippen molar-refractivity contribution in [2.45, 2.75) is 82.7 Å².